The quantitative estimate of drug-likeness (QED) is 0.443. The van der Waals surface area contributed by atoms with Gasteiger partial charge in [0.15, 0.2) is 0 Å². The maximum Gasteiger partial charge on any atom is 0.130 e. The van der Waals surface area contributed by atoms with E-state index in [9.17, 15) is 4.39 Å². The molecule has 0 aliphatic carbocycles. The topological polar surface area (TPSA) is 71.4 Å². The number of aromatic amines is 1. The van der Waals surface area contributed by atoms with E-state index in [2.05, 4.69) is 36.1 Å². The van der Waals surface area contributed by atoms with Gasteiger partial charge in [-0.2, -0.15) is 5.10 Å². The second kappa shape index (κ2) is 7.26. The number of nitrogens with one attached hydrogen (secondary N) is 2. The lowest BCUT2D eigenvalue weighted by atomic mass is 10.1. The van der Waals surface area contributed by atoms with Crippen LogP contribution in [0.1, 0.15) is 11.3 Å². The highest BCUT2D eigenvalue weighted by molar-refractivity contribution is 5.85. The third-order valence-electron chi connectivity index (χ3n) is 5.45. The highest BCUT2D eigenvalue weighted by Gasteiger charge is 2.10. The van der Waals surface area contributed by atoms with Crippen molar-refractivity contribution in [2.24, 2.45) is 0 Å². The van der Waals surface area contributed by atoms with Gasteiger partial charge in [0.1, 0.15) is 18.0 Å². The first-order valence-electron chi connectivity index (χ1n) is 9.84. The van der Waals surface area contributed by atoms with Gasteiger partial charge in [0.25, 0.3) is 0 Å². The van der Waals surface area contributed by atoms with Gasteiger partial charge in [-0.15, -0.1) is 0 Å². The van der Waals surface area contributed by atoms with Crippen LogP contribution in [0.5, 0.6) is 0 Å². The second-order valence-corrected chi connectivity index (χ2v) is 7.48. The summed E-state index contributed by atoms with van der Waals surface area (Å²) in [4.78, 5) is 8.74. The molecule has 3 aromatic heterocycles. The van der Waals surface area contributed by atoms with E-state index in [1.165, 1.54) is 0 Å². The first kappa shape index (κ1) is 18.3. The fourth-order valence-corrected chi connectivity index (χ4v) is 3.93. The molecule has 5 aromatic rings. The third kappa shape index (κ3) is 3.28. The lowest BCUT2D eigenvalue weighted by Gasteiger charge is -2.11. The van der Waals surface area contributed by atoms with Crippen LogP contribution in [-0.2, 0) is 6.54 Å². The van der Waals surface area contributed by atoms with E-state index in [0.29, 0.717) is 13.1 Å². The van der Waals surface area contributed by atoms with E-state index in [0.717, 1.165) is 50.1 Å². The molecular formula is C23H21FN6. The minimum atomic E-state index is -0.206. The lowest BCUT2D eigenvalue weighted by Crippen LogP contribution is -2.12. The minimum Gasteiger partial charge on any atom is -0.368 e. The molecule has 0 aliphatic heterocycles. The van der Waals surface area contributed by atoms with Gasteiger partial charge in [-0.05, 0) is 43.7 Å². The summed E-state index contributed by atoms with van der Waals surface area (Å²) < 4.78 is 16.0. The number of aryl methyl sites for hydroxylation is 2. The van der Waals surface area contributed by atoms with E-state index in [4.69, 9.17) is 0 Å². The van der Waals surface area contributed by atoms with Crippen molar-refractivity contribution in [2.45, 2.75) is 20.4 Å². The number of nitrogens with zero attached hydrogens (tertiary/aromatic N) is 4. The zero-order chi connectivity index (χ0) is 20.7. The molecule has 3 heterocycles. The highest BCUT2D eigenvalue weighted by Crippen LogP contribution is 2.25. The van der Waals surface area contributed by atoms with E-state index in [-0.39, 0.29) is 5.82 Å². The molecule has 0 saturated carbocycles. The Balaban J connectivity index is 1.35. The standard InChI is InChI=1S/C23H21FN6/c1-14-7-18(24)10-22-19(14)8-15(2)30(22)6-5-25-23-11-20(26-13-27-23)16-3-4-17-12-28-29-21(17)9-16/h3-4,7-13H,5-6H2,1-2H3,(H,28,29)(H,25,26,27). The molecule has 30 heavy (non-hydrogen) atoms. The monoisotopic (exact) mass is 400 g/mol. The fraction of sp³-hybridized carbons (Fsp3) is 0.174. The molecule has 150 valence electrons. The Kier molecular flexibility index (Phi) is 4.43. The smallest absolute Gasteiger partial charge is 0.130 e. The molecule has 0 spiro atoms. The van der Waals surface area contributed by atoms with Gasteiger partial charge in [0, 0.05) is 41.2 Å². The van der Waals surface area contributed by atoms with Gasteiger partial charge in [-0.25, -0.2) is 14.4 Å². The number of fused-ring (bicyclic) bond motifs is 2. The number of H-pyrrole nitrogens is 1. The van der Waals surface area contributed by atoms with Gasteiger partial charge < -0.3 is 9.88 Å². The maximum atomic E-state index is 13.9. The molecule has 0 atom stereocenters. The van der Waals surface area contributed by atoms with Crippen molar-refractivity contribution in [3.63, 3.8) is 0 Å². The Labute approximate surface area is 172 Å². The van der Waals surface area contributed by atoms with Crippen LogP contribution in [0.3, 0.4) is 0 Å². The van der Waals surface area contributed by atoms with Gasteiger partial charge in [-0.3, -0.25) is 5.10 Å². The molecule has 0 saturated heterocycles. The fourth-order valence-electron chi connectivity index (χ4n) is 3.93. The Morgan fingerprint density at radius 1 is 1.07 bits per heavy atom. The predicted octanol–water partition coefficient (Wildman–Crippen LogP) is 4.84. The van der Waals surface area contributed by atoms with Gasteiger partial charge in [-0.1, -0.05) is 12.1 Å². The van der Waals surface area contributed by atoms with Crippen LogP contribution < -0.4 is 5.32 Å². The lowest BCUT2D eigenvalue weighted by molar-refractivity contribution is 0.626. The maximum absolute atomic E-state index is 13.9. The molecule has 7 heteroatoms. The molecule has 2 aromatic carbocycles. The molecule has 0 bridgehead atoms. The Morgan fingerprint density at radius 3 is 2.87 bits per heavy atom. The van der Waals surface area contributed by atoms with Gasteiger partial charge in [0.2, 0.25) is 0 Å². The Bertz CT molecular complexity index is 1370. The average Bonchev–Trinajstić information content (AvgIpc) is 3.33. The zero-order valence-electron chi connectivity index (χ0n) is 16.8. The summed E-state index contributed by atoms with van der Waals surface area (Å²) in [6.07, 6.45) is 3.36. The van der Waals surface area contributed by atoms with Crippen molar-refractivity contribution in [2.75, 3.05) is 11.9 Å². The summed E-state index contributed by atoms with van der Waals surface area (Å²) >= 11 is 0. The van der Waals surface area contributed by atoms with Crippen LogP contribution in [0.25, 0.3) is 33.1 Å². The number of aromatic nitrogens is 5. The molecule has 0 amide bonds. The SMILES string of the molecule is Cc1cc(F)cc2c1cc(C)n2CCNc1cc(-c2ccc3cn[nH]c3c2)ncn1. The molecule has 0 unspecified atom stereocenters. The van der Waals surface area contributed by atoms with E-state index < -0.39 is 0 Å². The Hall–Kier alpha value is -3.74. The first-order valence-corrected chi connectivity index (χ1v) is 9.84. The summed E-state index contributed by atoms with van der Waals surface area (Å²) in [5, 5.41) is 12.6. The summed E-state index contributed by atoms with van der Waals surface area (Å²) in [6.45, 7) is 5.36. The van der Waals surface area contributed by atoms with Crippen molar-refractivity contribution in [3.05, 3.63) is 72.1 Å². The molecule has 0 aliphatic rings. The van der Waals surface area contributed by atoms with Crippen molar-refractivity contribution < 1.29 is 4.39 Å². The van der Waals surface area contributed by atoms with Crippen LogP contribution in [0.4, 0.5) is 10.2 Å². The molecule has 5 rings (SSSR count). The summed E-state index contributed by atoms with van der Waals surface area (Å²) in [5.74, 6) is 0.545. The number of anilines is 1. The molecule has 2 N–H and O–H groups in total. The number of rotatable bonds is 5. The van der Waals surface area contributed by atoms with Crippen LogP contribution in [0.2, 0.25) is 0 Å². The normalized spacial score (nSPS) is 11.4. The van der Waals surface area contributed by atoms with Crippen molar-refractivity contribution in [1.82, 2.24) is 24.7 Å². The van der Waals surface area contributed by atoms with Crippen LogP contribution >= 0.6 is 0 Å². The van der Waals surface area contributed by atoms with Crippen LogP contribution in [-0.4, -0.2) is 31.3 Å². The predicted molar refractivity (Wildman–Crippen MR) is 117 cm³/mol. The van der Waals surface area contributed by atoms with Crippen LogP contribution in [0.15, 0.2) is 55.0 Å². The summed E-state index contributed by atoms with van der Waals surface area (Å²) in [7, 11) is 0. The second-order valence-electron chi connectivity index (χ2n) is 7.48. The summed E-state index contributed by atoms with van der Waals surface area (Å²) in [5.41, 5.74) is 5.78. The Morgan fingerprint density at radius 2 is 1.97 bits per heavy atom. The van der Waals surface area contributed by atoms with Gasteiger partial charge in [0.05, 0.1) is 22.9 Å². The van der Waals surface area contributed by atoms with Crippen molar-refractivity contribution in [3.8, 4) is 11.3 Å². The van der Waals surface area contributed by atoms with Gasteiger partial charge >= 0.3 is 0 Å². The molecule has 0 radical (unpaired) electrons. The largest absolute Gasteiger partial charge is 0.368 e. The van der Waals surface area contributed by atoms with E-state index in [1.807, 2.05) is 38.1 Å². The average molecular weight is 400 g/mol. The van der Waals surface area contributed by atoms with Crippen molar-refractivity contribution >= 4 is 27.6 Å². The zero-order valence-corrected chi connectivity index (χ0v) is 16.8. The summed E-state index contributed by atoms with van der Waals surface area (Å²) in [6, 6.07) is 13.3. The molecule has 6 nitrogen and oxygen atoms in total. The van der Waals surface area contributed by atoms with Crippen LogP contribution in [0, 0.1) is 19.7 Å². The highest BCUT2D eigenvalue weighted by atomic mass is 19.1. The number of benzene rings is 2. The minimum absolute atomic E-state index is 0.206. The molecular weight excluding hydrogens is 379 g/mol. The third-order valence-corrected chi connectivity index (χ3v) is 5.45. The van der Waals surface area contributed by atoms with Crippen molar-refractivity contribution in [1.29, 1.82) is 0 Å². The number of hydrogen-bond donors (Lipinski definition) is 2. The van der Waals surface area contributed by atoms with E-state index >= 15 is 0 Å². The number of halogens is 1. The number of hydrogen-bond acceptors (Lipinski definition) is 4. The first-order chi connectivity index (χ1) is 14.6. The van der Waals surface area contributed by atoms with E-state index in [1.54, 1.807) is 24.7 Å². The molecule has 0 fully saturated rings.